The number of amides is 1. The van der Waals surface area contributed by atoms with Gasteiger partial charge in [0, 0.05) is 10.0 Å². The smallest absolute Gasteiger partial charge is 0.257 e. The number of benzene rings is 1. The highest BCUT2D eigenvalue weighted by atomic mass is 79.9. The van der Waals surface area contributed by atoms with Crippen molar-refractivity contribution in [1.82, 2.24) is 4.98 Å². The van der Waals surface area contributed by atoms with E-state index in [1.54, 1.807) is 18.3 Å². The van der Waals surface area contributed by atoms with Gasteiger partial charge in [-0.3, -0.25) is 4.79 Å². The molecule has 1 aromatic heterocycles. The molecule has 98 valence electrons. The molecule has 4 nitrogen and oxygen atoms in total. The number of carbonyl (C=O) groups is 1. The molecule has 19 heavy (non-hydrogen) atoms. The van der Waals surface area contributed by atoms with E-state index in [0.717, 1.165) is 15.6 Å². The lowest BCUT2D eigenvalue weighted by atomic mass is 10.1. The average molecular weight is 320 g/mol. The topological polar surface area (TPSA) is 68.0 Å². The number of nitrogen functional groups attached to an aromatic ring is 1. The summed E-state index contributed by atoms with van der Waals surface area (Å²) in [6, 6.07) is 7.26. The minimum atomic E-state index is -0.185. The first-order valence-electron chi connectivity index (χ1n) is 5.77. The predicted octanol–water partition coefficient (Wildman–Crippen LogP) is 3.30. The van der Waals surface area contributed by atoms with Gasteiger partial charge in [-0.25, -0.2) is 4.98 Å². The van der Waals surface area contributed by atoms with E-state index in [1.807, 2.05) is 26.0 Å². The van der Waals surface area contributed by atoms with Crippen LogP contribution in [0.5, 0.6) is 0 Å². The molecule has 0 fully saturated rings. The summed E-state index contributed by atoms with van der Waals surface area (Å²) < 4.78 is 0.904. The lowest BCUT2D eigenvalue weighted by molar-refractivity contribution is 0.102. The van der Waals surface area contributed by atoms with Crippen molar-refractivity contribution >= 4 is 33.3 Å². The zero-order valence-electron chi connectivity index (χ0n) is 10.7. The quantitative estimate of drug-likeness (QED) is 0.892. The molecule has 0 bridgehead atoms. The van der Waals surface area contributed by atoms with Gasteiger partial charge in [0.15, 0.2) is 0 Å². The number of carbonyl (C=O) groups excluding carboxylic acids is 1. The summed E-state index contributed by atoms with van der Waals surface area (Å²) >= 11 is 3.41. The van der Waals surface area contributed by atoms with E-state index in [0.29, 0.717) is 17.1 Å². The Morgan fingerprint density at radius 3 is 2.79 bits per heavy atom. The Morgan fingerprint density at radius 1 is 1.37 bits per heavy atom. The van der Waals surface area contributed by atoms with Gasteiger partial charge >= 0.3 is 0 Å². The van der Waals surface area contributed by atoms with Crippen molar-refractivity contribution in [2.45, 2.75) is 13.8 Å². The fourth-order valence-electron chi connectivity index (χ4n) is 1.67. The number of hydrogen-bond donors (Lipinski definition) is 2. The maximum absolute atomic E-state index is 12.2. The predicted molar refractivity (Wildman–Crippen MR) is 80.2 cm³/mol. The van der Waals surface area contributed by atoms with Gasteiger partial charge < -0.3 is 11.1 Å². The van der Waals surface area contributed by atoms with Gasteiger partial charge in [-0.15, -0.1) is 0 Å². The molecule has 0 unspecified atom stereocenters. The summed E-state index contributed by atoms with van der Waals surface area (Å²) in [5.74, 6) is 0.312. The standard InChI is InChI=1S/C14H14BrN3O/c1-8-6-13(17-7-12(8)16)18-14(19)10-4-3-5-11(15)9(10)2/h3-7H,16H2,1-2H3,(H,17,18,19). The molecular formula is C14H14BrN3O. The molecule has 0 radical (unpaired) electrons. The number of nitrogens with zero attached hydrogens (tertiary/aromatic N) is 1. The van der Waals surface area contributed by atoms with Crippen molar-refractivity contribution < 1.29 is 4.79 Å². The van der Waals surface area contributed by atoms with Crippen LogP contribution in [0, 0.1) is 13.8 Å². The second-order valence-electron chi connectivity index (χ2n) is 4.29. The van der Waals surface area contributed by atoms with Gasteiger partial charge in [0.1, 0.15) is 5.82 Å². The summed E-state index contributed by atoms with van der Waals surface area (Å²) in [5.41, 5.74) is 8.70. The summed E-state index contributed by atoms with van der Waals surface area (Å²) in [7, 11) is 0. The summed E-state index contributed by atoms with van der Waals surface area (Å²) in [4.78, 5) is 16.3. The molecular weight excluding hydrogens is 306 g/mol. The molecule has 1 amide bonds. The number of halogens is 1. The zero-order chi connectivity index (χ0) is 14.0. The lowest BCUT2D eigenvalue weighted by Gasteiger charge is -2.09. The Hall–Kier alpha value is -1.88. The first kappa shape index (κ1) is 13.5. The van der Waals surface area contributed by atoms with Crippen molar-refractivity contribution in [3.63, 3.8) is 0 Å². The third-order valence-corrected chi connectivity index (χ3v) is 3.76. The summed E-state index contributed by atoms with van der Waals surface area (Å²) in [5, 5.41) is 2.77. The van der Waals surface area contributed by atoms with Crippen LogP contribution < -0.4 is 11.1 Å². The number of nitrogens with two attached hydrogens (primary N) is 1. The Morgan fingerprint density at radius 2 is 2.11 bits per heavy atom. The van der Waals surface area contributed by atoms with Crippen LogP contribution in [0.25, 0.3) is 0 Å². The largest absolute Gasteiger partial charge is 0.397 e. The number of aryl methyl sites for hydroxylation is 1. The SMILES string of the molecule is Cc1cc(NC(=O)c2cccc(Br)c2C)ncc1N. The highest BCUT2D eigenvalue weighted by Gasteiger charge is 2.11. The third-order valence-electron chi connectivity index (χ3n) is 2.91. The molecule has 0 saturated carbocycles. The molecule has 0 atom stereocenters. The number of anilines is 2. The number of aromatic nitrogens is 1. The van der Waals surface area contributed by atoms with Crippen LogP contribution in [0.1, 0.15) is 21.5 Å². The minimum absolute atomic E-state index is 0.185. The molecule has 3 N–H and O–H groups in total. The van der Waals surface area contributed by atoms with Crippen LogP contribution in [0.2, 0.25) is 0 Å². The Bertz CT molecular complexity index is 641. The Balaban J connectivity index is 2.26. The second-order valence-corrected chi connectivity index (χ2v) is 5.15. The van der Waals surface area contributed by atoms with Crippen LogP contribution in [0.4, 0.5) is 11.5 Å². The van der Waals surface area contributed by atoms with Crippen molar-refractivity contribution in [2.24, 2.45) is 0 Å². The van der Waals surface area contributed by atoms with E-state index in [2.05, 4.69) is 26.2 Å². The van der Waals surface area contributed by atoms with E-state index >= 15 is 0 Å². The summed E-state index contributed by atoms with van der Waals surface area (Å²) in [6.45, 7) is 3.76. The van der Waals surface area contributed by atoms with Crippen LogP contribution in [-0.2, 0) is 0 Å². The van der Waals surface area contributed by atoms with Crippen LogP contribution in [0.3, 0.4) is 0 Å². The monoisotopic (exact) mass is 319 g/mol. The number of rotatable bonds is 2. The highest BCUT2D eigenvalue weighted by Crippen LogP contribution is 2.20. The lowest BCUT2D eigenvalue weighted by Crippen LogP contribution is -2.14. The fraction of sp³-hybridized carbons (Fsp3) is 0.143. The number of nitrogens with one attached hydrogen (secondary N) is 1. The van der Waals surface area contributed by atoms with Gasteiger partial charge in [-0.1, -0.05) is 22.0 Å². The molecule has 2 rings (SSSR count). The Labute approximate surface area is 120 Å². The van der Waals surface area contributed by atoms with Crippen molar-refractivity contribution in [3.8, 4) is 0 Å². The van der Waals surface area contributed by atoms with Crippen LogP contribution >= 0.6 is 15.9 Å². The number of pyridine rings is 1. The van der Waals surface area contributed by atoms with Crippen molar-refractivity contribution in [1.29, 1.82) is 0 Å². The van der Waals surface area contributed by atoms with Gasteiger partial charge in [0.05, 0.1) is 11.9 Å². The van der Waals surface area contributed by atoms with E-state index in [-0.39, 0.29) is 5.91 Å². The Kier molecular flexibility index (Phi) is 3.85. The molecule has 1 aromatic carbocycles. The molecule has 1 heterocycles. The molecule has 0 saturated heterocycles. The van der Waals surface area contributed by atoms with Crippen molar-refractivity contribution in [3.05, 3.63) is 51.6 Å². The molecule has 0 spiro atoms. The maximum Gasteiger partial charge on any atom is 0.257 e. The average Bonchev–Trinajstić information content (AvgIpc) is 2.37. The van der Waals surface area contributed by atoms with E-state index in [1.165, 1.54) is 0 Å². The molecule has 5 heteroatoms. The minimum Gasteiger partial charge on any atom is -0.397 e. The van der Waals surface area contributed by atoms with Gasteiger partial charge in [0.2, 0.25) is 0 Å². The van der Waals surface area contributed by atoms with Gasteiger partial charge in [-0.2, -0.15) is 0 Å². The highest BCUT2D eigenvalue weighted by molar-refractivity contribution is 9.10. The van der Waals surface area contributed by atoms with E-state index in [9.17, 15) is 4.79 Å². The summed E-state index contributed by atoms with van der Waals surface area (Å²) in [6.07, 6.45) is 1.54. The third kappa shape index (κ3) is 2.93. The number of hydrogen-bond acceptors (Lipinski definition) is 3. The zero-order valence-corrected chi connectivity index (χ0v) is 12.3. The normalized spacial score (nSPS) is 10.3. The van der Waals surface area contributed by atoms with Gasteiger partial charge in [0.25, 0.3) is 5.91 Å². The fourth-order valence-corrected chi connectivity index (χ4v) is 2.04. The molecule has 2 aromatic rings. The van der Waals surface area contributed by atoms with E-state index < -0.39 is 0 Å². The van der Waals surface area contributed by atoms with Crippen molar-refractivity contribution in [2.75, 3.05) is 11.1 Å². The molecule has 0 aliphatic heterocycles. The second kappa shape index (κ2) is 5.40. The molecule has 0 aliphatic rings. The maximum atomic E-state index is 12.2. The van der Waals surface area contributed by atoms with Gasteiger partial charge in [-0.05, 0) is 43.2 Å². The molecule has 0 aliphatic carbocycles. The first-order valence-corrected chi connectivity index (χ1v) is 6.57. The van der Waals surface area contributed by atoms with Crippen LogP contribution in [0.15, 0.2) is 34.9 Å². The first-order chi connectivity index (χ1) is 8.99. The van der Waals surface area contributed by atoms with E-state index in [4.69, 9.17) is 5.73 Å². The van der Waals surface area contributed by atoms with Crippen LogP contribution in [-0.4, -0.2) is 10.9 Å².